The van der Waals surface area contributed by atoms with Crippen molar-refractivity contribution in [2.75, 3.05) is 6.61 Å². The molecule has 0 unspecified atom stereocenters. The Kier molecular flexibility index (Phi) is 1.77. The Morgan fingerprint density at radius 2 is 2.43 bits per heavy atom. The predicted octanol–water partition coefficient (Wildman–Crippen LogP) is -0.157. The van der Waals surface area contributed by atoms with E-state index in [0.29, 0.717) is 0 Å². The van der Waals surface area contributed by atoms with Gasteiger partial charge in [0.05, 0.1) is 0 Å². The summed E-state index contributed by atoms with van der Waals surface area (Å²) in [6, 6.07) is 0. The predicted molar refractivity (Wildman–Crippen MR) is 24.0 cm³/mol. The minimum atomic E-state index is -2.28. The molecule has 0 saturated heterocycles. The molecule has 0 atom stereocenters. The minimum Gasteiger partial charge on any atom is -0.481 e. The molecule has 0 aliphatic heterocycles. The lowest BCUT2D eigenvalue weighted by molar-refractivity contribution is -0.137. The zero-order valence-corrected chi connectivity index (χ0v) is 3.72. The lowest BCUT2D eigenvalue weighted by atomic mass is 10.3. The second-order valence-electron chi connectivity index (χ2n) is 0.956. The number of carbonyl (C=O) groups is 1. The lowest BCUT2D eigenvalue weighted by Gasteiger charge is -1.85. The molecule has 0 fully saturated rings. The summed E-state index contributed by atoms with van der Waals surface area (Å²) in [5, 5.41) is 16.2. The highest BCUT2D eigenvalue weighted by Gasteiger charge is 1.91. The van der Waals surface area contributed by atoms with E-state index in [2.05, 4.69) is 0 Å². The van der Waals surface area contributed by atoms with Gasteiger partial charge in [-0.2, -0.15) is 0 Å². The van der Waals surface area contributed by atoms with E-state index >= 15 is 0 Å². The Labute approximate surface area is 44.4 Å². The van der Waals surface area contributed by atoms with E-state index in [1.807, 2.05) is 0 Å². The van der Waals surface area contributed by atoms with E-state index in [1.165, 1.54) is 0 Å². The van der Waals surface area contributed by atoms with Gasteiger partial charge in [-0.1, -0.05) is 0 Å². The van der Waals surface area contributed by atoms with Crippen molar-refractivity contribution >= 4 is 5.97 Å². The molecule has 0 heterocycles. The minimum absolute atomic E-state index is 0.359. The van der Waals surface area contributed by atoms with Crippen molar-refractivity contribution in [1.82, 2.24) is 0 Å². The molecule has 0 aliphatic rings. The van der Waals surface area contributed by atoms with Gasteiger partial charge in [0.2, 0.25) is 0 Å². The maximum atomic E-state index is 9.92. The fourth-order valence-electron chi connectivity index (χ4n) is 0.163. The summed E-state index contributed by atoms with van der Waals surface area (Å²) in [4.78, 5) is 9.92. The summed E-state index contributed by atoms with van der Waals surface area (Å²) in [6.45, 7) is -0.445. The molecule has 0 rings (SSSR count). The van der Waals surface area contributed by atoms with Crippen LogP contribution in [0, 0.1) is 0 Å². The van der Waals surface area contributed by atoms with Gasteiger partial charge in [-0.05, 0) is 6.42 Å². The van der Waals surface area contributed by atoms with Crippen LogP contribution in [0.25, 0.3) is 0 Å². The van der Waals surface area contributed by atoms with Crippen LogP contribution in [0.5, 0.6) is 0 Å². The Hall–Kier alpha value is -0.570. The van der Waals surface area contributed by atoms with Gasteiger partial charge in [-0.3, -0.25) is 4.79 Å². The summed E-state index contributed by atoms with van der Waals surface area (Å²) < 4.78 is 13.4. The van der Waals surface area contributed by atoms with Crippen LogP contribution in [0.4, 0.5) is 0 Å². The first-order valence-corrected chi connectivity index (χ1v) is 1.85. The van der Waals surface area contributed by atoms with Crippen molar-refractivity contribution in [2.45, 2.75) is 12.8 Å². The van der Waals surface area contributed by atoms with E-state index < -0.39 is 18.9 Å². The second-order valence-corrected chi connectivity index (χ2v) is 0.956. The molecular formula is C4H8O3. The average Bonchev–Trinajstić information content (AvgIpc) is 1.65. The second kappa shape index (κ2) is 3.61. The molecule has 0 aliphatic carbocycles. The fraction of sp³-hybridized carbons (Fsp3) is 0.750. The molecule has 7 heavy (non-hydrogen) atoms. The van der Waals surface area contributed by atoms with Crippen LogP contribution in [0.2, 0.25) is 0 Å². The smallest absolute Gasteiger partial charge is 0.303 e. The van der Waals surface area contributed by atoms with Gasteiger partial charge < -0.3 is 10.2 Å². The number of rotatable bonds is 3. The highest BCUT2D eigenvalue weighted by Crippen LogP contribution is 1.83. The third-order valence-corrected chi connectivity index (χ3v) is 0.388. The standard InChI is InChI=1S/C4H8O3/c5-3-1-2-4(6)7/h5H,1-3H2,(H,6,7)/i2D2. The van der Waals surface area contributed by atoms with Crippen LogP contribution in [0.1, 0.15) is 15.5 Å². The molecule has 0 saturated carbocycles. The molecule has 42 valence electrons. The Balaban J connectivity index is 3.85. The Bertz CT molecular complexity index is 112. The van der Waals surface area contributed by atoms with E-state index in [9.17, 15) is 4.79 Å². The first-order chi connectivity index (χ1) is 4.00. The van der Waals surface area contributed by atoms with E-state index in [4.69, 9.17) is 13.0 Å². The quantitative estimate of drug-likeness (QED) is 0.525. The molecule has 2 N–H and O–H groups in total. The Morgan fingerprint density at radius 3 is 2.57 bits per heavy atom. The Morgan fingerprint density at radius 1 is 1.86 bits per heavy atom. The molecule has 0 aromatic carbocycles. The third kappa shape index (κ3) is 5.43. The van der Waals surface area contributed by atoms with Crippen molar-refractivity contribution in [1.29, 1.82) is 0 Å². The van der Waals surface area contributed by atoms with Crippen molar-refractivity contribution in [3.05, 3.63) is 0 Å². The summed E-state index contributed by atoms with van der Waals surface area (Å²) in [5.41, 5.74) is 0. The SMILES string of the molecule is [2H]C([2H])(CCO)C(=O)O. The highest BCUT2D eigenvalue weighted by atomic mass is 16.4. The number of aliphatic carboxylic acids is 1. The number of aliphatic hydroxyl groups excluding tert-OH is 1. The number of aliphatic hydroxyl groups is 1. The molecular weight excluding hydrogens is 96.0 g/mol. The number of carboxylic acids is 1. The van der Waals surface area contributed by atoms with Gasteiger partial charge in [0.1, 0.15) is 0 Å². The molecule has 0 bridgehead atoms. The topological polar surface area (TPSA) is 57.5 Å². The van der Waals surface area contributed by atoms with Crippen LogP contribution in [-0.2, 0) is 4.79 Å². The number of hydrogen-bond acceptors (Lipinski definition) is 2. The molecule has 3 nitrogen and oxygen atoms in total. The molecule has 0 amide bonds. The maximum Gasteiger partial charge on any atom is 0.303 e. The van der Waals surface area contributed by atoms with Gasteiger partial charge in [0, 0.05) is 15.7 Å². The third-order valence-electron chi connectivity index (χ3n) is 0.388. The van der Waals surface area contributed by atoms with E-state index in [0.717, 1.165) is 0 Å². The van der Waals surface area contributed by atoms with Crippen molar-refractivity contribution in [3.63, 3.8) is 0 Å². The summed E-state index contributed by atoms with van der Waals surface area (Å²) >= 11 is 0. The van der Waals surface area contributed by atoms with E-state index in [1.54, 1.807) is 0 Å². The lowest BCUT2D eigenvalue weighted by Crippen LogP contribution is -1.95. The maximum absolute atomic E-state index is 9.92. The normalized spacial score (nSPS) is 15.0. The van der Waals surface area contributed by atoms with Gasteiger partial charge in [0.15, 0.2) is 0 Å². The van der Waals surface area contributed by atoms with Crippen molar-refractivity contribution < 1.29 is 17.7 Å². The first kappa shape index (κ1) is 3.43. The first-order valence-electron chi connectivity index (χ1n) is 2.85. The van der Waals surface area contributed by atoms with Gasteiger partial charge >= 0.3 is 5.97 Å². The van der Waals surface area contributed by atoms with Crippen LogP contribution < -0.4 is 0 Å². The van der Waals surface area contributed by atoms with Crippen LogP contribution in [-0.4, -0.2) is 22.8 Å². The van der Waals surface area contributed by atoms with Crippen molar-refractivity contribution in [2.24, 2.45) is 0 Å². The van der Waals surface area contributed by atoms with Crippen LogP contribution in [0.3, 0.4) is 0 Å². The number of hydrogen-bond donors (Lipinski definition) is 2. The fourth-order valence-corrected chi connectivity index (χ4v) is 0.163. The molecule has 0 spiro atoms. The molecule has 0 aromatic heterocycles. The highest BCUT2D eigenvalue weighted by molar-refractivity contribution is 5.66. The van der Waals surface area contributed by atoms with Gasteiger partial charge in [-0.15, -0.1) is 0 Å². The van der Waals surface area contributed by atoms with Crippen molar-refractivity contribution in [3.8, 4) is 0 Å². The summed E-state index contributed by atoms with van der Waals surface area (Å²) in [6.07, 6.45) is -2.64. The molecule has 0 radical (unpaired) electrons. The molecule has 3 heteroatoms. The zero-order valence-electron chi connectivity index (χ0n) is 5.72. The average molecular weight is 106 g/mol. The monoisotopic (exact) mass is 106 g/mol. The molecule has 0 aromatic rings. The zero-order chi connectivity index (χ0) is 7.49. The summed E-state index contributed by atoms with van der Waals surface area (Å²) in [7, 11) is 0. The largest absolute Gasteiger partial charge is 0.481 e. The van der Waals surface area contributed by atoms with Gasteiger partial charge in [-0.25, -0.2) is 0 Å². The van der Waals surface area contributed by atoms with E-state index in [-0.39, 0.29) is 6.42 Å². The van der Waals surface area contributed by atoms with Crippen LogP contribution >= 0.6 is 0 Å². The van der Waals surface area contributed by atoms with Crippen LogP contribution in [0.15, 0.2) is 0 Å². The van der Waals surface area contributed by atoms with Gasteiger partial charge in [0.25, 0.3) is 0 Å². The summed E-state index contributed by atoms with van der Waals surface area (Å²) in [5.74, 6) is -1.53. The number of carboxylic acid groups (broad SMARTS) is 1.